The average molecular weight is 511 g/mol. The topological polar surface area (TPSA) is 18.5 Å². The molecule has 0 amide bonds. The number of halogens is 5. The molecule has 2 aromatic carbocycles. The molecule has 198 valence electrons. The van der Waals surface area contributed by atoms with E-state index in [4.69, 9.17) is 9.47 Å². The van der Waals surface area contributed by atoms with Crippen LogP contribution in [0.4, 0.5) is 22.0 Å². The standard InChI is InChI=1S/C29H35F5O2/c1-2-3-4-5-18-6-8-20(9-7-18)21-10-11-27(35-17-21)22-14-25(32)29(26(33)15-22)36-16-19-12-23(30)28(34)24(31)13-19/h12-15,18,20-21,27H,2-11,16-17H2,1H3. The quantitative estimate of drug-likeness (QED) is 0.191. The van der Waals surface area contributed by atoms with Gasteiger partial charge in [0.05, 0.1) is 12.7 Å². The van der Waals surface area contributed by atoms with Gasteiger partial charge in [-0.2, -0.15) is 0 Å². The van der Waals surface area contributed by atoms with Gasteiger partial charge in [-0.15, -0.1) is 0 Å². The first-order chi connectivity index (χ1) is 17.4. The molecular formula is C29H35F5O2. The van der Waals surface area contributed by atoms with Gasteiger partial charge < -0.3 is 9.47 Å². The highest BCUT2D eigenvalue weighted by Crippen LogP contribution is 2.42. The first-order valence-electron chi connectivity index (χ1n) is 13.2. The van der Waals surface area contributed by atoms with Crippen LogP contribution in [-0.4, -0.2) is 6.61 Å². The minimum Gasteiger partial charge on any atom is -0.483 e. The monoisotopic (exact) mass is 510 g/mol. The number of hydrogen-bond donors (Lipinski definition) is 0. The molecule has 1 saturated carbocycles. The Morgan fingerprint density at radius 1 is 0.778 bits per heavy atom. The molecule has 2 atom stereocenters. The largest absolute Gasteiger partial charge is 0.483 e. The molecule has 0 N–H and O–H groups in total. The summed E-state index contributed by atoms with van der Waals surface area (Å²) in [5.41, 5.74) is 0.334. The zero-order valence-electron chi connectivity index (χ0n) is 20.8. The van der Waals surface area contributed by atoms with Crippen molar-refractivity contribution in [2.75, 3.05) is 6.61 Å². The second-order valence-electron chi connectivity index (χ2n) is 10.4. The first kappa shape index (κ1) is 26.9. The highest BCUT2D eigenvalue weighted by molar-refractivity contribution is 5.33. The molecule has 36 heavy (non-hydrogen) atoms. The van der Waals surface area contributed by atoms with Crippen LogP contribution in [0.3, 0.4) is 0 Å². The Morgan fingerprint density at radius 3 is 2.00 bits per heavy atom. The Bertz CT molecular complexity index is 965. The lowest BCUT2D eigenvalue weighted by atomic mass is 9.72. The molecule has 1 aliphatic heterocycles. The maximum absolute atomic E-state index is 14.7. The van der Waals surface area contributed by atoms with Crippen molar-refractivity contribution in [3.05, 3.63) is 64.5 Å². The number of ether oxygens (including phenoxy) is 2. The van der Waals surface area contributed by atoms with Gasteiger partial charge in [-0.05, 0) is 78.8 Å². The molecule has 2 aromatic rings. The average Bonchev–Trinajstić information content (AvgIpc) is 2.87. The van der Waals surface area contributed by atoms with E-state index in [-0.39, 0.29) is 11.7 Å². The Labute approximate surface area is 210 Å². The Balaban J connectivity index is 1.29. The Kier molecular flexibility index (Phi) is 9.26. The molecule has 4 rings (SSSR count). The summed E-state index contributed by atoms with van der Waals surface area (Å²) in [6, 6.07) is 3.84. The van der Waals surface area contributed by atoms with Gasteiger partial charge in [0, 0.05) is 0 Å². The Morgan fingerprint density at radius 2 is 1.42 bits per heavy atom. The van der Waals surface area contributed by atoms with E-state index >= 15 is 0 Å². The molecule has 7 heteroatoms. The zero-order valence-corrected chi connectivity index (χ0v) is 20.8. The molecule has 1 saturated heterocycles. The van der Waals surface area contributed by atoms with E-state index in [0.29, 0.717) is 30.4 Å². The third kappa shape index (κ3) is 6.58. The summed E-state index contributed by atoms with van der Waals surface area (Å²) in [6.45, 7) is 2.32. The van der Waals surface area contributed by atoms with Crippen molar-refractivity contribution in [1.29, 1.82) is 0 Å². The first-order valence-corrected chi connectivity index (χ1v) is 13.2. The molecule has 2 fully saturated rings. The van der Waals surface area contributed by atoms with Crippen molar-refractivity contribution in [1.82, 2.24) is 0 Å². The van der Waals surface area contributed by atoms with Crippen molar-refractivity contribution in [3.63, 3.8) is 0 Å². The zero-order chi connectivity index (χ0) is 25.7. The third-order valence-electron chi connectivity index (χ3n) is 7.90. The van der Waals surface area contributed by atoms with Gasteiger partial charge in [-0.1, -0.05) is 45.4 Å². The molecular weight excluding hydrogens is 475 g/mol. The van der Waals surface area contributed by atoms with Crippen LogP contribution in [0.25, 0.3) is 0 Å². The summed E-state index contributed by atoms with van der Waals surface area (Å²) in [5, 5.41) is 0. The molecule has 2 aliphatic rings. The molecule has 0 spiro atoms. The maximum Gasteiger partial charge on any atom is 0.194 e. The van der Waals surface area contributed by atoms with Crippen LogP contribution in [0.1, 0.15) is 88.4 Å². The number of unbranched alkanes of at least 4 members (excludes halogenated alkanes) is 2. The predicted octanol–water partition coefficient (Wildman–Crippen LogP) is 8.82. The fourth-order valence-electron chi connectivity index (χ4n) is 5.79. The van der Waals surface area contributed by atoms with Crippen molar-refractivity contribution < 1.29 is 31.4 Å². The third-order valence-corrected chi connectivity index (χ3v) is 7.90. The fourth-order valence-corrected chi connectivity index (χ4v) is 5.79. The highest BCUT2D eigenvalue weighted by Gasteiger charge is 2.32. The lowest BCUT2D eigenvalue weighted by molar-refractivity contribution is -0.0407. The molecule has 0 radical (unpaired) electrons. The van der Waals surface area contributed by atoms with Gasteiger partial charge in [0.2, 0.25) is 0 Å². The highest BCUT2D eigenvalue weighted by atomic mass is 19.2. The lowest BCUT2D eigenvalue weighted by Gasteiger charge is -2.38. The predicted molar refractivity (Wildman–Crippen MR) is 128 cm³/mol. The molecule has 2 nitrogen and oxygen atoms in total. The lowest BCUT2D eigenvalue weighted by Crippen LogP contribution is -2.29. The minimum absolute atomic E-state index is 0.0778. The van der Waals surface area contributed by atoms with Gasteiger partial charge in [0.1, 0.15) is 6.61 Å². The Hall–Kier alpha value is -2.15. The van der Waals surface area contributed by atoms with Gasteiger partial charge in [0.25, 0.3) is 0 Å². The fraction of sp³-hybridized carbons (Fsp3) is 0.586. The van der Waals surface area contributed by atoms with Crippen LogP contribution >= 0.6 is 0 Å². The van der Waals surface area contributed by atoms with Gasteiger partial charge in [0.15, 0.2) is 34.8 Å². The van der Waals surface area contributed by atoms with Gasteiger partial charge in [-0.25, -0.2) is 22.0 Å². The summed E-state index contributed by atoms with van der Waals surface area (Å²) in [6.07, 6.45) is 11.6. The summed E-state index contributed by atoms with van der Waals surface area (Å²) in [5.74, 6) is -4.85. The maximum atomic E-state index is 14.7. The molecule has 1 aliphatic carbocycles. The summed E-state index contributed by atoms with van der Waals surface area (Å²) < 4.78 is 80.4. The summed E-state index contributed by atoms with van der Waals surface area (Å²) >= 11 is 0. The SMILES string of the molecule is CCCCCC1CCC(C2CCC(c3cc(F)c(OCc4cc(F)c(F)c(F)c4)c(F)c3)OC2)CC1. The van der Waals surface area contributed by atoms with Gasteiger partial charge >= 0.3 is 0 Å². The number of hydrogen-bond acceptors (Lipinski definition) is 2. The van der Waals surface area contributed by atoms with Crippen LogP contribution in [0.2, 0.25) is 0 Å². The second-order valence-corrected chi connectivity index (χ2v) is 10.4. The van der Waals surface area contributed by atoms with Crippen LogP contribution < -0.4 is 4.74 Å². The van der Waals surface area contributed by atoms with E-state index in [2.05, 4.69) is 6.92 Å². The minimum atomic E-state index is -1.61. The van der Waals surface area contributed by atoms with E-state index in [9.17, 15) is 22.0 Å². The van der Waals surface area contributed by atoms with E-state index in [1.54, 1.807) is 0 Å². The molecule has 2 unspecified atom stereocenters. The summed E-state index contributed by atoms with van der Waals surface area (Å²) in [7, 11) is 0. The smallest absolute Gasteiger partial charge is 0.194 e. The van der Waals surface area contributed by atoms with Gasteiger partial charge in [-0.3, -0.25) is 0 Å². The number of benzene rings is 2. The molecule has 1 heterocycles. The van der Waals surface area contributed by atoms with E-state index < -0.39 is 41.4 Å². The van der Waals surface area contributed by atoms with E-state index in [0.717, 1.165) is 24.5 Å². The van der Waals surface area contributed by atoms with Crippen molar-refractivity contribution in [2.45, 2.75) is 83.8 Å². The second kappa shape index (κ2) is 12.4. The van der Waals surface area contributed by atoms with Crippen molar-refractivity contribution in [3.8, 4) is 5.75 Å². The van der Waals surface area contributed by atoms with E-state index in [1.807, 2.05) is 0 Å². The van der Waals surface area contributed by atoms with Crippen LogP contribution in [-0.2, 0) is 11.3 Å². The summed E-state index contributed by atoms with van der Waals surface area (Å²) in [4.78, 5) is 0. The molecule has 0 bridgehead atoms. The number of rotatable bonds is 9. The van der Waals surface area contributed by atoms with E-state index in [1.165, 1.54) is 63.5 Å². The van der Waals surface area contributed by atoms with Crippen LogP contribution in [0, 0.1) is 46.8 Å². The van der Waals surface area contributed by atoms with Crippen LogP contribution in [0.15, 0.2) is 24.3 Å². The van der Waals surface area contributed by atoms with Crippen molar-refractivity contribution in [2.24, 2.45) is 17.8 Å². The molecule has 0 aromatic heterocycles. The van der Waals surface area contributed by atoms with Crippen LogP contribution in [0.5, 0.6) is 5.75 Å². The van der Waals surface area contributed by atoms with Crippen molar-refractivity contribution >= 4 is 0 Å². The normalized spacial score (nSPS) is 24.6.